The number of amides is 1. The molecule has 0 aliphatic rings. The number of carbonyl (C=O) groups excluding carboxylic acids is 1. The van der Waals surface area contributed by atoms with Crippen molar-refractivity contribution in [2.24, 2.45) is 0 Å². The minimum absolute atomic E-state index is 0.000394. The van der Waals surface area contributed by atoms with Gasteiger partial charge in [0, 0.05) is 17.1 Å². The summed E-state index contributed by atoms with van der Waals surface area (Å²) >= 11 is 6.04. The molecule has 8 nitrogen and oxygen atoms in total. The van der Waals surface area contributed by atoms with Gasteiger partial charge >= 0.3 is 0 Å². The average Bonchev–Trinajstić information content (AvgIpc) is 2.69. The summed E-state index contributed by atoms with van der Waals surface area (Å²) in [5.74, 6) is -0.00866. The first-order valence-corrected chi connectivity index (χ1v) is 11.2. The van der Waals surface area contributed by atoms with E-state index >= 15 is 0 Å². The Hall–Kier alpha value is -3.17. The van der Waals surface area contributed by atoms with Crippen molar-refractivity contribution in [3.63, 3.8) is 0 Å². The normalized spacial score (nSPS) is 12.1. The summed E-state index contributed by atoms with van der Waals surface area (Å²) in [6.45, 7) is 5.09. The monoisotopic (exact) mass is 460 g/mol. The number of halogens is 1. The van der Waals surface area contributed by atoms with Crippen LogP contribution in [0, 0.1) is 13.8 Å². The van der Waals surface area contributed by atoms with Gasteiger partial charge in [0.15, 0.2) is 6.10 Å². The molecule has 0 aliphatic heterocycles. The molecule has 1 amide bonds. The highest BCUT2D eigenvalue weighted by molar-refractivity contribution is 7.92. The van der Waals surface area contributed by atoms with Crippen LogP contribution < -0.4 is 14.8 Å². The summed E-state index contributed by atoms with van der Waals surface area (Å²) in [4.78, 5) is 20.6. The number of hydrogen-bond acceptors (Lipinski definition) is 6. The van der Waals surface area contributed by atoms with Gasteiger partial charge in [0.1, 0.15) is 5.75 Å². The summed E-state index contributed by atoms with van der Waals surface area (Å²) in [6, 6.07) is 14.3. The SMILES string of the molecule is Cc1cc(C)nc(NS(=O)(=O)c2ccc(NC(=O)[C@H](C)Oc3ccccc3Cl)cc2)n1. The third-order valence-electron chi connectivity index (χ3n) is 4.15. The standard InChI is InChI=1S/C21H21ClN4O4S/c1-13-12-14(2)24-21(23-13)26-31(28,29)17-10-8-16(9-11-17)25-20(27)15(3)30-19-7-5-4-6-18(19)22/h4-12,15H,1-3H3,(H,25,27)(H,23,24,26)/t15-/m0/s1. The lowest BCUT2D eigenvalue weighted by Gasteiger charge is -2.15. The van der Waals surface area contributed by atoms with E-state index in [1.807, 2.05) is 0 Å². The number of benzene rings is 2. The van der Waals surface area contributed by atoms with E-state index in [0.29, 0.717) is 27.8 Å². The zero-order valence-corrected chi connectivity index (χ0v) is 18.7. The number of para-hydroxylation sites is 1. The summed E-state index contributed by atoms with van der Waals surface area (Å²) in [7, 11) is -3.88. The molecule has 0 saturated heterocycles. The first-order chi connectivity index (χ1) is 14.6. The molecule has 0 unspecified atom stereocenters. The van der Waals surface area contributed by atoms with Crippen LogP contribution in [-0.4, -0.2) is 30.4 Å². The number of aromatic nitrogens is 2. The minimum Gasteiger partial charge on any atom is -0.479 e. The van der Waals surface area contributed by atoms with Crippen molar-refractivity contribution >= 4 is 39.2 Å². The molecule has 1 aromatic heterocycles. The fourth-order valence-electron chi connectivity index (χ4n) is 2.70. The van der Waals surface area contributed by atoms with Crippen LogP contribution in [0.5, 0.6) is 5.75 Å². The molecule has 162 valence electrons. The maximum absolute atomic E-state index is 12.6. The maximum atomic E-state index is 12.6. The van der Waals surface area contributed by atoms with Gasteiger partial charge in [-0.1, -0.05) is 23.7 Å². The highest BCUT2D eigenvalue weighted by Crippen LogP contribution is 2.24. The van der Waals surface area contributed by atoms with Crippen LogP contribution in [0.2, 0.25) is 5.02 Å². The Morgan fingerprint density at radius 3 is 2.26 bits per heavy atom. The van der Waals surface area contributed by atoms with Crippen LogP contribution in [0.15, 0.2) is 59.5 Å². The zero-order valence-electron chi connectivity index (χ0n) is 17.1. The van der Waals surface area contributed by atoms with Crippen molar-refractivity contribution in [2.45, 2.75) is 31.8 Å². The van der Waals surface area contributed by atoms with Crippen LogP contribution in [-0.2, 0) is 14.8 Å². The van der Waals surface area contributed by atoms with E-state index in [-0.39, 0.29) is 10.8 Å². The molecule has 3 aromatic rings. The summed E-state index contributed by atoms with van der Waals surface area (Å²) in [6.07, 6.45) is -0.813. The van der Waals surface area contributed by atoms with Gasteiger partial charge in [-0.3, -0.25) is 4.79 Å². The molecule has 1 atom stereocenters. The lowest BCUT2D eigenvalue weighted by molar-refractivity contribution is -0.122. The Bertz CT molecular complexity index is 1180. The lowest BCUT2D eigenvalue weighted by atomic mass is 10.3. The van der Waals surface area contributed by atoms with Gasteiger partial charge in [0.25, 0.3) is 15.9 Å². The maximum Gasteiger partial charge on any atom is 0.265 e. The summed E-state index contributed by atoms with van der Waals surface area (Å²) in [5.41, 5.74) is 1.72. The first kappa shape index (κ1) is 22.5. The molecule has 0 radical (unpaired) electrons. The Morgan fingerprint density at radius 1 is 1.03 bits per heavy atom. The van der Waals surface area contributed by atoms with E-state index in [1.165, 1.54) is 24.3 Å². The number of nitrogens with one attached hydrogen (secondary N) is 2. The van der Waals surface area contributed by atoms with Gasteiger partial charge in [-0.25, -0.2) is 23.1 Å². The number of ether oxygens (including phenoxy) is 1. The number of nitrogens with zero attached hydrogens (tertiary/aromatic N) is 2. The highest BCUT2D eigenvalue weighted by Gasteiger charge is 2.18. The van der Waals surface area contributed by atoms with Crippen molar-refractivity contribution in [2.75, 3.05) is 10.0 Å². The second-order valence-electron chi connectivity index (χ2n) is 6.78. The number of anilines is 2. The fourth-order valence-corrected chi connectivity index (χ4v) is 3.82. The predicted molar refractivity (Wildman–Crippen MR) is 119 cm³/mol. The number of aryl methyl sites for hydroxylation is 2. The van der Waals surface area contributed by atoms with E-state index in [9.17, 15) is 13.2 Å². The van der Waals surface area contributed by atoms with E-state index < -0.39 is 22.0 Å². The smallest absolute Gasteiger partial charge is 0.265 e. The third kappa shape index (κ3) is 5.93. The van der Waals surface area contributed by atoms with Gasteiger partial charge in [-0.15, -0.1) is 0 Å². The van der Waals surface area contributed by atoms with Crippen LogP contribution in [0.3, 0.4) is 0 Å². The zero-order chi connectivity index (χ0) is 22.6. The van der Waals surface area contributed by atoms with E-state index in [4.69, 9.17) is 16.3 Å². The molecule has 0 fully saturated rings. The van der Waals surface area contributed by atoms with Crippen LogP contribution in [0.25, 0.3) is 0 Å². The number of hydrogen-bond donors (Lipinski definition) is 2. The van der Waals surface area contributed by atoms with Gasteiger partial charge in [0.2, 0.25) is 5.95 Å². The number of rotatable bonds is 7. The van der Waals surface area contributed by atoms with Crippen molar-refractivity contribution in [1.82, 2.24) is 9.97 Å². The molecule has 1 heterocycles. The van der Waals surface area contributed by atoms with Gasteiger partial charge in [-0.05, 0) is 63.2 Å². The number of sulfonamides is 1. The Balaban J connectivity index is 1.66. The second-order valence-corrected chi connectivity index (χ2v) is 8.87. The Morgan fingerprint density at radius 2 is 1.65 bits per heavy atom. The van der Waals surface area contributed by atoms with E-state index in [1.54, 1.807) is 51.1 Å². The molecule has 10 heteroatoms. The average molecular weight is 461 g/mol. The molecule has 2 N–H and O–H groups in total. The summed E-state index contributed by atoms with van der Waals surface area (Å²) in [5, 5.41) is 3.08. The van der Waals surface area contributed by atoms with Crippen LogP contribution in [0.1, 0.15) is 18.3 Å². The lowest BCUT2D eigenvalue weighted by Crippen LogP contribution is -2.30. The van der Waals surface area contributed by atoms with Crippen molar-refractivity contribution < 1.29 is 17.9 Å². The topological polar surface area (TPSA) is 110 Å². The van der Waals surface area contributed by atoms with Gasteiger partial charge in [-0.2, -0.15) is 0 Å². The second kappa shape index (κ2) is 9.32. The van der Waals surface area contributed by atoms with E-state index in [0.717, 1.165) is 0 Å². The fraction of sp³-hybridized carbons (Fsp3) is 0.190. The largest absolute Gasteiger partial charge is 0.479 e. The minimum atomic E-state index is -3.88. The molecule has 3 rings (SSSR count). The Labute approximate surface area is 185 Å². The molecule has 0 spiro atoms. The predicted octanol–water partition coefficient (Wildman–Crippen LogP) is 3.95. The Kier molecular flexibility index (Phi) is 6.77. The van der Waals surface area contributed by atoms with Crippen LogP contribution in [0.4, 0.5) is 11.6 Å². The first-order valence-electron chi connectivity index (χ1n) is 9.31. The van der Waals surface area contributed by atoms with Crippen molar-refractivity contribution in [3.8, 4) is 5.75 Å². The van der Waals surface area contributed by atoms with Crippen molar-refractivity contribution in [3.05, 3.63) is 71.0 Å². The molecular formula is C21H21ClN4O4S. The van der Waals surface area contributed by atoms with Crippen LogP contribution >= 0.6 is 11.6 Å². The summed E-state index contributed by atoms with van der Waals surface area (Å²) < 4.78 is 33.1. The molecule has 2 aromatic carbocycles. The molecular weight excluding hydrogens is 440 g/mol. The number of carbonyl (C=O) groups is 1. The quantitative estimate of drug-likeness (QED) is 0.552. The molecule has 0 bridgehead atoms. The molecule has 31 heavy (non-hydrogen) atoms. The molecule has 0 aliphatic carbocycles. The third-order valence-corrected chi connectivity index (χ3v) is 5.81. The van der Waals surface area contributed by atoms with E-state index in [2.05, 4.69) is 20.0 Å². The van der Waals surface area contributed by atoms with Gasteiger partial charge in [0.05, 0.1) is 9.92 Å². The highest BCUT2D eigenvalue weighted by atomic mass is 35.5. The molecule has 0 saturated carbocycles. The van der Waals surface area contributed by atoms with Crippen molar-refractivity contribution in [1.29, 1.82) is 0 Å². The van der Waals surface area contributed by atoms with Gasteiger partial charge < -0.3 is 10.1 Å².